The van der Waals surface area contributed by atoms with Crippen LogP contribution < -0.4 is 5.73 Å². The summed E-state index contributed by atoms with van der Waals surface area (Å²) >= 11 is 0. The first-order valence-electron chi connectivity index (χ1n) is 3.58. The van der Waals surface area contributed by atoms with Crippen LogP contribution >= 0.6 is 0 Å². The van der Waals surface area contributed by atoms with Gasteiger partial charge in [-0.05, 0) is 18.6 Å². The second-order valence-electron chi connectivity index (χ2n) is 2.89. The summed E-state index contributed by atoms with van der Waals surface area (Å²) in [5, 5.41) is 0. The largest absolute Gasteiger partial charge is 0.396 e. The predicted molar refractivity (Wildman–Crippen MR) is 48.7 cm³/mol. The summed E-state index contributed by atoms with van der Waals surface area (Å²) in [7, 11) is -3.54. The number of halogens is 1. The highest BCUT2D eigenvalue weighted by molar-refractivity contribution is 7.90. The lowest BCUT2D eigenvalue weighted by Crippen LogP contribution is -2.06. The SMILES string of the molecule is Cc1ccc(N)c(F)c1S(C)(=O)=O. The molecule has 0 aliphatic heterocycles. The van der Waals surface area contributed by atoms with E-state index in [2.05, 4.69) is 0 Å². The molecule has 3 nitrogen and oxygen atoms in total. The van der Waals surface area contributed by atoms with Crippen molar-refractivity contribution in [2.24, 2.45) is 0 Å². The molecule has 1 rings (SSSR count). The van der Waals surface area contributed by atoms with Crippen LogP contribution in [0.25, 0.3) is 0 Å². The van der Waals surface area contributed by atoms with Crippen molar-refractivity contribution in [2.75, 3.05) is 12.0 Å². The van der Waals surface area contributed by atoms with Crippen molar-refractivity contribution in [3.63, 3.8) is 0 Å². The van der Waals surface area contributed by atoms with Crippen LogP contribution in [0.5, 0.6) is 0 Å². The Morgan fingerprint density at radius 3 is 2.31 bits per heavy atom. The van der Waals surface area contributed by atoms with E-state index < -0.39 is 15.7 Å². The smallest absolute Gasteiger partial charge is 0.178 e. The van der Waals surface area contributed by atoms with Crippen molar-refractivity contribution in [1.82, 2.24) is 0 Å². The Labute approximate surface area is 76.3 Å². The Morgan fingerprint density at radius 1 is 1.38 bits per heavy atom. The van der Waals surface area contributed by atoms with Gasteiger partial charge < -0.3 is 5.73 Å². The molecule has 0 aliphatic rings. The first-order valence-corrected chi connectivity index (χ1v) is 5.48. The molecular formula is C8H10FNO2S. The normalized spacial score (nSPS) is 11.6. The molecule has 0 fully saturated rings. The summed E-state index contributed by atoms with van der Waals surface area (Å²) in [5.74, 6) is -0.859. The summed E-state index contributed by atoms with van der Waals surface area (Å²) in [4.78, 5) is -0.312. The lowest BCUT2D eigenvalue weighted by atomic mass is 10.2. The topological polar surface area (TPSA) is 60.2 Å². The van der Waals surface area contributed by atoms with Crippen LogP contribution in [-0.4, -0.2) is 14.7 Å². The number of nitrogen functional groups attached to an aromatic ring is 1. The molecule has 0 radical (unpaired) electrons. The average molecular weight is 203 g/mol. The molecule has 1 aromatic rings. The van der Waals surface area contributed by atoms with Crippen molar-refractivity contribution in [2.45, 2.75) is 11.8 Å². The molecule has 0 atom stereocenters. The van der Waals surface area contributed by atoms with Crippen LogP contribution in [0.1, 0.15) is 5.56 Å². The molecule has 2 N–H and O–H groups in total. The number of hydrogen-bond acceptors (Lipinski definition) is 3. The molecule has 72 valence electrons. The van der Waals surface area contributed by atoms with Gasteiger partial charge in [-0.2, -0.15) is 0 Å². The zero-order valence-electron chi connectivity index (χ0n) is 7.33. The molecule has 0 aromatic heterocycles. The summed E-state index contributed by atoms with van der Waals surface area (Å²) in [6, 6.07) is 2.83. The third-order valence-corrected chi connectivity index (χ3v) is 2.94. The van der Waals surface area contributed by atoms with Crippen LogP contribution in [-0.2, 0) is 9.84 Å². The maximum absolute atomic E-state index is 13.3. The van der Waals surface area contributed by atoms with E-state index in [4.69, 9.17) is 5.73 Å². The minimum absolute atomic E-state index is 0.147. The highest BCUT2D eigenvalue weighted by Crippen LogP contribution is 2.23. The van der Waals surface area contributed by atoms with Crippen molar-refractivity contribution in [1.29, 1.82) is 0 Å². The van der Waals surface area contributed by atoms with Crippen molar-refractivity contribution < 1.29 is 12.8 Å². The van der Waals surface area contributed by atoms with E-state index in [1.165, 1.54) is 19.1 Å². The molecule has 0 aliphatic carbocycles. The second kappa shape index (κ2) is 2.99. The van der Waals surface area contributed by atoms with Crippen LogP contribution in [0.2, 0.25) is 0 Å². The van der Waals surface area contributed by atoms with Crippen LogP contribution in [0.4, 0.5) is 10.1 Å². The minimum atomic E-state index is -3.54. The number of hydrogen-bond donors (Lipinski definition) is 1. The number of rotatable bonds is 1. The van der Waals surface area contributed by atoms with Crippen molar-refractivity contribution in [3.05, 3.63) is 23.5 Å². The number of nitrogens with two attached hydrogens (primary N) is 1. The van der Waals surface area contributed by atoms with E-state index in [0.29, 0.717) is 5.56 Å². The third kappa shape index (κ3) is 1.80. The molecule has 1 aromatic carbocycles. The standard InChI is InChI=1S/C8H10FNO2S/c1-5-3-4-6(10)7(9)8(5)13(2,11)12/h3-4H,10H2,1-2H3. The van der Waals surface area contributed by atoms with Gasteiger partial charge in [-0.25, -0.2) is 12.8 Å². The Bertz CT molecular complexity index is 440. The molecule has 0 saturated heterocycles. The molecular weight excluding hydrogens is 193 g/mol. The Balaban J connectivity index is 3.62. The second-order valence-corrected chi connectivity index (χ2v) is 4.84. The number of anilines is 1. The van der Waals surface area contributed by atoms with Gasteiger partial charge in [0.1, 0.15) is 4.90 Å². The van der Waals surface area contributed by atoms with Crippen molar-refractivity contribution in [3.8, 4) is 0 Å². The zero-order valence-corrected chi connectivity index (χ0v) is 8.15. The Hall–Kier alpha value is -1.10. The molecule has 13 heavy (non-hydrogen) atoms. The van der Waals surface area contributed by atoms with E-state index in [0.717, 1.165) is 6.26 Å². The fourth-order valence-corrected chi connectivity index (χ4v) is 2.22. The highest BCUT2D eigenvalue weighted by atomic mass is 32.2. The fourth-order valence-electron chi connectivity index (χ4n) is 1.12. The Morgan fingerprint density at radius 2 is 1.92 bits per heavy atom. The quantitative estimate of drug-likeness (QED) is 0.696. The molecule has 0 spiro atoms. The van der Waals surface area contributed by atoms with Gasteiger partial charge >= 0.3 is 0 Å². The van der Waals surface area contributed by atoms with E-state index in [1.807, 2.05) is 0 Å². The van der Waals surface area contributed by atoms with Crippen molar-refractivity contribution >= 4 is 15.5 Å². The number of sulfone groups is 1. The van der Waals surface area contributed by atoms with Gasteiger partial charge in [0.2, 0.25) is 0 Å². The van der Waals surface area contributed by atoms with Crippen LogP contribution in [0.3, 0.4) is 0 Å². The summed E-state index contributed by atoms with van der Waals surface area (Å²) in [6.45, 7) is 1.53. The monoisotopic (exact) mass is 203 g/mol. The lowest BCUT2D eigenvalue weighted by molar-refractivity contribution is 0.571. The number of benzene rings is 1. The zero-order chi connectivity index (χ0) is 10.2. The number of aryl methyl sites for hydroxylation is 1. The molecule has 0 amide bonds. The average Bonchev–Trinajstić information content (AvgIpc) is 1.95. The van der Waals surface area contributed by atoms with Gasteiger partial charge in [0.05, 0.1) is 5.69 Å². The predicted octanol–water partition coefficient (Wildman–Crippen LogP) is 1.12. The first-order chi connectivity index (χ1) is 5.84. The lowest BCUT2D eigenvalue weighted by Gasteiger charge is -2.06. The van der Waals surface area contributed by atoms with Gasteiger partial charge in [0.25, 0.3) is 0 Å². The molecule has 0 saturated carbocycles. The van der Waals surface area contributed by atoms with Gasteiger partial charge in [0, 0.05) is 6.26 Å². The summed E-state index contributed by atoms with van der Waals surface area (Å²) < 4.78 is 35.5. The highest BCUT2D eigenvalue weighted by Gasteiger charge is 2.18. The summed E-state index contributed by atoms with van der Waals surface area (Å²) in [5.41, 5.74) is 5.47. The Kier molecular flexibility index (Phi) is 2.30. The van der Waals surface area contributed by atoms with Gasteiger partial charge in [-0.15, -0.1) is 0 Å². The van der Waals surface area contributed by atoms with E-state index >= 15 is 0 Å². The maximum Gasteiger partial charge on any atom is 0.178 e. The van der Waals surface area contributed by atoms with E-state index in [-0.39, 0.29) is 10.6 Å². The summed E-state index contributed by atoms with van der Waals surface area (Å²) in [6.07, 6.45) is 0.956. The van der Waals surface area contributed by atoms with Crippen LogP contribution in [0, 0.1) is 12.7 Å². The van der Waals surface area contributed by atoms with Gasteiger partial charge in [-0.3, -0.25) is 0 Å². The fraction of sp³-hybridized carbons (Fsp3) is 0.250. The van der Waals surface area contributed by atoms with E-state index in [1.54, 1.807) is 0 Å². The van der Waals surface area contributed by atoms with E-state index in [9.17, 15) is 12.8 Å². The maximum atomic E-state index is 13.3. The molecule has 0 bridgehead atoms. The first kappa shape index (κ1) is 9.98. The third-order valence-electron chi connectivity index (χ3n) is 1.69. The minimum Gasteiger partial charge on any atom is -0.396 e. The molecule has 0 unspecified atom stereocenters. The van der Waals surface area contributed by atoms with Crippen LogP contribution in [0.15, 0.2) is 17.0 Å². The molecule has 0 heterocycles. The van der Waals surface area contributed by atoms with Gasteiger partial charge in [-0.1, -0.05) is 6.07 Å². The van der Waals surface area contributed by atoms with Gasteiger partial charge in [0.15, 0.2) is 15.7 Å². The molecule has 5 heteroatoms.